The van der Waals surface area contributed by atoms with Gasteiger partial charge in [-0.15, -0.1) is 0 Å². The minimum absolute atomic E-state index is 0.122. The molecule has 2 aromatic rings. The molecule has 3 rings (SSSR count). The SMILES string of the molecule is CN(CC(=O)Nc1ccc2c(c1)C(=O)NCC2)C(=O)c1ccco1. The normalized spacial score (nSPS) is 13.0. The molecule has 2 heterocycles. The molecular weight excluding hydrogens is 310 g/mol. The highest BCUT2D eigenvalue weighted by Gasteiger charge is 2.19. The summed E-state index contributed by atoms with van der Waals surface area (Å²) < 4.78 is 5.02. The maximum atomic E-state index is 12.1. The average molecular weight is 327 g/mol. The van der Waals surface area contributed by atoms with Crippen molar-refractivity contribution in [2.45, 2.75) is 6.42 Å². The van der Waals surface area contributed by atoms with E-state index in [1.54, 1.807) is 24.3 Å². The summed E-state index contributed by atoms with van der Waals surface area (Å²) in [7, 11) is 1.52. The van der Waals surface area contributed by atoms with Gasteiger partial charge in [-0.3, -0.25) is 14.4 Å². The molecule has 3 amide bonds. The Hall–Kier alpha value is -3.09. The van der Waals surface area contributed by atoms with Gasteiger partial charge < -0.3 is 20.0 Å². The first-order chi connectivity index (χ1) is 11.5. The molecule has 0 saturated carbocycles. The molecular formula is C17H17N3O4. The van der Waals surface area contributed by atoms with Gasteiger partial charge in [0.15, 0.2) is 5.76 Å². The molecule has 0 aliphatic carbocycles. The predicted octanol–water partition coefficient (Wildman–Crippen LogP) is 1.28. The third-order valence-corrected chi connectivity index (χ3v) is 3.78. The van der Waals surface area contributed by atoms with Crippen LogP contribution in [-0.4, -0.2) is 42.8 Å². The summed E-state index contributed by atoms with van der Waals surface area (Å²) in [6.45, 7) is 0.500. The van der Waals surface area contributed by atoms with Gasteiger partial charge in [-0.05, 0) is 36.2 Å². The maximum Gasteiger partial charge on any atom is 0.289 e. The lowest BCUT2D eigenvalue weighted by molar-refractivity contribution is -0.116. The van der Waals surface area contributed by atoms with Crippen molar-refractivity contribution >= 4 is 23.4 Å². The number of fused-ring (bicyclic) bond motifs is 1. The molecule has 0 saturated heterocycles. The molecule has 0 unspecified atom stereocenters. The van der Waals surface area contributed by atoms with Gasteiger partial charge >= 0.3 is 0 Å². The number of likely N-dealkylation sites (N-methyl/N-ethyl adjacent to an activating group) is 1. The van der Waals surface area contributed by atoms with Crippen LogP contribution >= 0.6 is 0 Å². The van der Waals surface area contributed by atoms with Crippen LogP contribution in [-0.2, 0) is 11.2 Å². The third kappa shape index (κ3) is 3.29. The smallest absolute Gasteiger partial charge is 0.289 e. The van der Waals surface area contributed by atoms with E-state index in [1.165, 1.54) is 18.2 Å². The summed E-state index contributed by atoms with van der Waals surface area (Å²) in [6.07, 6.45) is 2.18. The average Bonchev–Trinajstić information content (AvgIpc) is 3.09. The van der Waals surface area contributed by atoms with Gasteiger partial charge in [-0.2, -0.15) is 0 Å². The molecule has 1 aromatic heterocycles. The topological polar surface area (TPSA) is 91.7 Å². The fourth-order valence-electron chi connectivity index (χ4n) is 2.57. The molecule has 2 N–H and O–H groups in total. The number of benzene rings is 1. The highest BCUT2D eigenvalue weighted by molar-refractivity contribution is 6.00. The molecule has 0 bridgehead atoms. The Morgan fingerprint density at radius 2 is 2.17 bits per heavy atom. The van der Waals surface area contributed by atoms with Crippen molar-refractivity contribution in [3.8, 4) is 0 Å². The number of amides is 3. The van der Waals surface area contributed by atoms with Crippen LogP contribution in [0.4, 0.5) is 5.69 Å². The Morgan fingerprint density at radius 1 is 1.33 bits per heavy atom. The number of nitrogens with one attached hydrogen (secondary N) is 2. The van der Waals surface area contributed by atoms with Crippen molar-refractivity contribution in [3.05, 3.63) is 53.5 Å². The van der Waals surface area contributed by atoms with E-state index in [9.17, 15) is 14.4 Å². The number of furan rings is 1. The van der Waals surface area contributed by atoms with Crippen LogP contribution in [0.5, 0.6) is 0 Å². The van der Waals surface area contributed by atoms with E-state index in [0.717, 1.165) is 12.0 Å². The molecule has 0 radical (unpaired) electrons. The molecule has 1 aromatic carbocycles. The van der Waals surface area contributed by atoms with Gasteiger partial charge in [0.1, 0.15) is 0 Å². The fourth-order valence-corrected chi connectivity index (χ4v) is 2.57. The molecule has 7 heteroatoms. The molecule has 1 aliphatic heterocycles. The van der Waals surface area contributed by atoms with Gasteiger partial charge in [0.25, 0.3) is 11.8 Å². The Balaban J connectivity index is 1.64. The minimum Gasteiger partial charge on any atom is -0.459 e. The van der Waals surface area contributed by atoms with Crippen LogP contribution in [0.15, 0.2) is 41.0 Å². The quantitative estimate of drug-likeness (QED) is 0.885. The minimum atomic E-state index is -0.375. The predicted molar refractivity (Wildman–Crippen MR) is 86.8 cm³/mol. The molecule has 7 nitrogen and oxygen atoms in total. The van der Waals surface area contributed by atoms with Crippen molar-refractivity contribution in [1.29, 1.82) is 0 Å². The van der Waals surface area contributed by atoms with Crippen molar-refractivity contribution in [1.82, 2.24) is 10.2 Å². The Morgan fingerprint density at radius 3 is 2.92 bits per heavy atom. The lowest BCUT2D eigenvalue weighted by Gasteiger charge is -2.18. The van der Waals surface area contributed by atoms with Gasteiger partial charge in [-0.25, -0.2) is 0 Å². The number of nitrogens with zero attached hydrogens (tertiary/aromatic N) is 1. The fraction of sp³-hybridized carbons (Fsp3) is 0.235. The van der Waals surface area contributed by atoms with Crippen LogP contribution in [0, 0.1) is 0 Å². The second-order valence-electron chi connectivity index (χ2n) is 5.56. The van der Waals surface area contributed by atoms with Crippen LogP contribution in [0.1, 0.15) is 26.5 Å². The van der Waals surface area contributed by atoms with Crippen LogP contribution in [0.2, 0.25) is 0 Å². The van der Waals surface area contributed by atoms with Crippen LogP contribution < -0.4 is 10.6 Å². The number of hydrogen-bond acceptors (Lipinski definition) is 4. The van der Waals surface area contributed by atoms with Crippen molar-refractivity contribution in [2.75, 3.05) is 25.5 Å². The zero-order valence-electron chi connectivity index (χ0n) is 13.2. The summed E-state index contributed by atoms with van der Waals surface area (Å²) in [5.74, 6) is -0.693. The van der Waals surface area contributed by atoms with Gasteiger partial charge in [-0.1, -0.05) is 6.07 Å². The molecule has 24 heavy (non-hydrogen) atoms. The van der Waals surface area contributed by atoms with E-state index in [2.05, 4.69) is 10.6 Å². The summed E-state index contributed by atoms with van der Waals surface area (Å²) in [5, 5.41) is 5.47. The molecule has 124 valence electrons. The van der Waals surface area contributed by atoms with E-state index in [4.69, 9.17) is 4.42 Å². The summed E-state index contributed by atoms with van der Waals surface area (Å²) in [4.78, 5) is 37.2. The summed E-state index contributed by atoms with van der Waals surface area (Å²) in [6, 6.07) is 8.39. The van der Waals surface area contributed by atoms with Crippen molar-refractivity contribution in [2.24, 2.45) is 0 Å². The Kier molecular flexibility index (Phi) is 4.33. The first kappa shape index (κ1) is 15.8. The molecule has 0 atom stereocenters. The molecule has 0 fully saturated rings. The second kappa shape index (κ2) is 6.57. The monoisotopic (exact) mass is 327 g/mol. The second-order valence-corrected chi connectivity index (χ2v) is 5.56. The van der Waals surface area contributed by atoms with E-state index in [-0.39, 0.29) is 30.0 Å². The first-order valence-corrected chi connectivity index (χ1v) is 7.54. The van der Waals surface area contributed by atoms with Crippen LogP contribution in [0.25, 0.3) is 0 Å². The zero-order chi connectivity index (χ0) is 17.1. The Labute approximate surface area is 138 Å². The number of rotatable bonds is 4. The highest BCUT2D eigenvalue weighted by atomic mass is 16.3. The maximum absolute atomic E-state index is 12.1. The van der Waals surface area contributed by atoms with Crippen molar-refractivity contribution in [3.63, 3.8) is 0 Å². The lowest BCUT2D eigenvalue weighted by atomic mass is 10.00. The van der Waals surface area contributed by atoms with Crippen LogP contribution in [0.3, 0.4) is 0 Å². The van der Waals surface area contributed by atoms with E-state index in [0.29, 0.717) is 17.8 Å². The number of hydrogen-bond donors (Lipinski definition) is 2. The van der Waals surface area contributed by atoms with E-state index >= 15 is 0 Å². The van der Waals surface area contributed by atoms with E-state index < -0.39 is 0 Å². The summed E-state index contributed by atoms with van der Waals surface area (Å²) >= 11 is 0. The zero-order valence-corrected chi connectivity index (χ0v) is 13.2. The Bertz CT molecular complexity index is 783. The largest absolute Gasteiger partial charge is 0.459 e. The number of anilines is 1. The van der Waals surface area contributed by atoms with Gasteiger partial charge in [0, 0.05) is 24.8 Å². The van der Waals surface area contributed by atoms with Gasteiger partial charge in [0.2, 0.25) is 5.91 Å². The number of carbonyl (C=O) groups excluding carboxylic acids is 3. The highest BCUT2D eigenvalue weighted by Crippen LogP contribution is 2.19. The standard InChI is InChI=1S/C17H17N3O4/c1-20(17(23)14-3-2-8-24-14)10-15(21)19-12-5-4-11-6-7-18-16(22)13(11)9-12/h2-5,8-9H,6-7,10H2,1H3,(H,18,22)(H,19,21). The molecule has 0 spiro atoms. The van der Waals surface area contributed by atoms with E-state index in [1.807, 2.05) is 6.07 Å². The first-order valence-electron chi connectivity index (χ1n) is 7.54. The summed E-state index contributed by atoms with van der Waals surface area (Å²) in [5.41, 5.74) is 2.05. The third-order valence-electron chi connectivity index (χ3n) is 3.78. The molecule has 1 aliphatic rings. The van der Waals surface area contributed by atoms with Crippen molar-refractivity contribution < 1.29 is 18.8 Å². The number of carbonyl (C=O) groups is 3. The lowest BCUT2D eigenvalue weighted by Crippen LogP contribution is -2.35. The van der Waals surface area contributed by atoms with Gasteiger partial charge in [0.05, 0.1) is 12.8 Å².